The fourth-order valence-electron chi connectivity index (χ4n) is 3.21. The van der Waals surface area contributed by atoms with Gasteiger partial charge in [-0.1, -0.05) is 48.5 Å². The van der Waals surface area contributed by atoms with Crippen molar-refractivity contribution in [1.29, 1.82) is 0 Å². The van der Waals surface area contributed by atoms with Crippen LogP contribution in [-0.2, 0) is 19.2 Å². The van der Waals surface area contributed by atoms with Crippen LogP contribution in [0.4, 0.5) is 4.79 Å². The molecule has 0 aromatic heterocycles. The van der Waals surface area contributed by atoms with Gasteiger partial charge in [0.25, 0.3) is 0 Å². The van der Waals surface area contributed by atoms with Crippen LogP contribution in [0.5, 0.6) is 0 Å². The van der Waals surface area contributed by atoms with E-state index in [1.807, 2.05) is 48.5 Å². The van der Waals surface area contributed by atoms with Crippen LogP contribution in [0.2, 0.25) is 0 Å². The number of nitrogens with two attached hydrogens (primary N) is 1. The Morgan fingerprint density at radius 2 is 1.37 bits per heavy atom. The van der Waals surface area contributed by atoms with Gasteiger partial charge in [-0.2, -0.15) is 0 Å². The van der Waals surface area contributed by atoms with Gasteiger partial charge in [0.05, 0.1) is 0 Å². The van der Waals surface area contributed by atoms with Crippen molar-refractivity contribution < 1.29 is 24.0 Å². The third-order valence-electron chi connectivity index (χ3n) is 5.53. The molecule has 0 aliphatic heterocycles. The predicted octanol–water partition coefficient (Wildman–Crippen LogP) is 2.01. The zero-order valence-electron chi connectivity index (χ0n) is 22.6. The Labute approximate surface area is 210 Å². The molecule has 10 heteroatoms. The van der Waals surface area contributed by atoms with Crippen molar-refractivity contribution in [2.75, 3.05) is 13.1 Å². The van der Waals surface area contributed by atoms with E-state index in [1.54, 1.807) is 0 Å². The molecular weight excluding hydrogens is 450 g/mol. The van der Waals surface area contributed by atoms with Crippen LogP contribution in [0.15, 0.2) is 0 Å². The lowest BCUT2D eigenvalue weighted by atomic mass is 9.88. The summed E-state index contributed by atoms with van der Waals surface area (Å²) in [6.45, 7) is 13.8. The fourth-order valence-corrected chi connectivity index (χ4v) is 3.21. The van der Waals surface area contributed by atoms with Crippen molar-refractivity contribution in [2.45, 2.75) is 99.1 Å². The monoisotopic (exact) mass is 497 g/mol. The molecule has 0 saturated carbocycles. The van der Waals surface area contributed by atoms with Crippen molar-refractivity contribution in [3.63, 3.8) is 0 Å². The number of hydrogen-bond donors (Lipinski definition) is 5. The SMILES string of the molecule is CC(C)CCC(=O)N[C@H](C(=O)N[C@@H](CCCNC(N)=O)C(=O)NCCCC(=O)C(C)(C)C)C(C)C. The third-order valence-corrected chi connectivity index (χ3v) is 5.53. The average Bonchev–Trinajstić information content (AvgIpc) is 2.73. The number of hydrogen-bond acceptors (Lipinski definition) is 5. The molecule has 0 bridgehead atoms. The van der Waals surface area contributed by atoms with Crippen molar-refractivity contribution in [3.05, 3.63) is 0 Å². The number of urea groups is 1. The summed E-state index contributed by atoms with van der Waals surface area (Å²) < 4.78 is 0. The molecule has 202 valence electrons. The Bertz CT molecular complexity index is 716. The van der Waals surface area contributed by atoms with Gasteiger partial charge >= 0.3 is 6.03 Å². The van der Waals surface area contributed by atoms with Crippen molar-refractivity contribution in [2.24, 2.45) is 23.0 Å². The molecule has 0 heterocycles. The molecular formula is C25H47N5O5. The Kier molecular flexibility index (Phi) is 14.9. The average molecular weight is 498 g/mol. The minimum absolute atomic E-state index is 0.113. The second-order valence-corrected chi connectivity index (χ2v) is 10.8. The number of carbonyl (C=O) groups is 5. The summed E-state index contributed by atoms with van der Waals surface area (Å²) in [5.74, 6) is -0.725. The van der Waals surface area contributed by atoms with E-state index in [9.17, 15) is 24.0 Å². The Morgan fingerprint density at radius 3 is 1.89 bits per heavy atom. The fraction of sp³-hybridized carbons (Fsp3) is 0.800. The first-order valence-corrected chi connectivity index (χ1v) is 12.6. The first-order valence-electron chi connectivity index (χ1n) is 12.6. The summed E-state index contributed by atoms with van der Waals surface area (Å²) in [6.07, 6.45) is 2.56. The van der Waals surface area contributed by atoms with E-state index < -0.39 is 29.4 Å². The first-order chi connectivity index (χ1) is 16.1. The predicted molar refractivity (Wildman–Crippen MR) is 136 cm³/mol. The molecule has 0 aliphatic rings. The van der Waals surface area contributed by atoms with E-state index in [0.717, 1.165) is 0 Å². The molecule has 0 radical (unpaired) electrons. The smallest absolute Gasteiger partial charge is 0.312 e. The molecule has 35 heavy (non-hydrogen) atoms. The van der Waals surface area contributed by atoms with Crippen molar-refractivity contribution >= 4 is 29.5 Å². The molecule has 0 unspecified atom stereocenters. The van der Waals surface area contributed by atoms with Gasteiger partial charge in [-0.05, 0) is 37.5 Å². The van der Waals surface area contributed by atoms with Crippen LogP contribution < -0.4 is 27.0 Å². The van der Waals surface area contributed by atoms with Crippen LogP contribution >= 0.6 is 0 Å². The van der Waals surface area contributed by atoms with Gasteiger partial charge in [-0.25, -0.2) is 4.79 Å². The van der Waals surface area contributed by atoms with Gasteiger partial charge in [-0.15, -0.1) is 0 Å². The van der Waals surface area contributed by atoms with E-state index in [0.29, 0.717) is 44.6 Å². The number of amides is 5. The standard InChI is InChI=1S/C25H47N5O5/c1-16(2)12-13-20(32)30-21(17(3)4)23(34)29-18(10-8-15-28-24(26)35)22(33)27-14-9-11-19(31)25(5,6)7/h16-18,21H,8-15H2,1-7H3,(H,27,33)(H,29,34)(H,30,32)(H3,26,28,35)/t18-,21-/m0/s1. The van der Waals surface area contributed by atoms with Gasteiger partial charge in [-0.3, -0.25) is 19.2 Å². The van der Waals surface area contributed by atoms with Crippen LogP contribution in [0, 0.1) is 17.3 Å². The van der Waals surface area contributed by atoms with Crippen LogP contribution in [0.1, 0.15) is 87.0 Å². The molecule has 0 spiro atoms. The lowest BCUT2D eigenvalue weighted by Crippen LogP contribution is -2.55. The summed E-state index contributed by atoms with van der Waals surface area (Å²) in [6, 6.07) is -2.30. The zero-order valence-corrected chi connectivity index (χ0v) is 22.6. The number of Topliss-reactive ketones (excluding diaryl/α,β-unsaturated/α-hetero) is 1. The van der Waals surface area contributed by atoms with Crippen molar-refractivity contribution in [3.8, 4) is 0 Å². The third kappa shape index (κ3) is 15.1. The first kappa shape index (κ1) is 32.4. The molecule has 5 amide bonds. The molecule has 0 rings (SSSR count). The van der Waals surface area contributed by atoms with Gasteiger partial charge in [0.15, 0.2) is 0 Å². The highest BCUT2D eigenvalue weighted by Crippen LogP contribution is 2.17. The summed E-state index contributed by atoms with van der Waals surface area (Å²) in [7, 11) is 0. The normalized spacial score (nSPS) is 13.2. The van der Waals surface area contributed by atoms with E-state index in [4.69, 9.17) is 5.73 Å². The number of primary amides is 1. The molecule has 0 saturated heterocycles. The summed E-state index contributed by atoms with van der Waals surface area (Å²) in [5, 5.41) is 10.8. The Morgan fingerprint density at radius 1 is 0.771 bits per heavy atom. The Balaban J connectivity index is 5.10. The summed E-state index contributed by atoms with van der Waals surface area (Å²) >= 11 is 0. The highest BCUT2D eigenvalue weighted by atomic mass is 16.2. The minimum atomic E-state index is -0.857. The van der Waals surface area contributed by atoms with Gasteiger partial charge in [0.1, 0.15) is 17.9 Å². The quantitative estimate of drug-likeness (QED) is 0.206. The van der Waals surface area contributed by atoms with Crippen LogP contribution in [0.3, 0.4) is 0 Å². The lowest BCUT2D eigenvalue weighted by molar-refractivity contribution is -0.133. The maximum atomic E-state index is 13.0. The minimum Gasteiger partial charge on any atom is -0.354 e. The van der Waals surface area contributed by atoms with Crippen LogP contribution in [-0.4, -0.2) is 54.7 Å². The van der Waals surface area contributed by atoms with E-state index in [-0.39, 0.29) is 36.5 Å². The molecule has 0 fully saturated rings. The number of ketones is 1. The molecule has 10 nitrogen and oxygen atoms in total. The largest absolute Gasteiger partial charge is 0.354 e. The topological polar surface area (TPSA) is 159 Å². The second-order valence-electron chi connectivity index (χ2n) is 10.8. The summed E-state index contributed by atoms with van der Waals surface area (Å²) in [4.78, 5) is 61.1. The summed E-state index contributed by atoms with van der Waals surface area (Å²) in [5.41, 5.74) is 4.65. The maximum Gasteiger partial charge on any atom is 0.312 e. The van der Waals surface area contributed by atoms with Crippen molar-refractivity contribution in [1.82, 2.24) is 21.3 Å². The number of nitrogens with one attached hydrogen (secondary N) is 4. The van der Waals surface area contributed by atoms with E-state index >= 15 is 0 Å². The highest BCUT2D eigenvalue weighted by Gasteiger charge is 2.28. The zero-order chi connectivity index (χ0) is 27.2. The lowest BCUT2D eigenvalue weighted by Gasteiger charge is -2.25. The number of carbonyl (C=O) groups excluding carboxylic acids is 5. The van der Waals surface area contributed by atoms with Gasteiger partial charge in [0, 0.05) is 31.3 Å². The second kappa shape index (κ2) is 16.1. The number of rotatable bonds is 16. The van der Waals surface area contributed by atoms with Crippen LogP contribution in [0.25, 0.3) is 0 Å². The molecule has 0 aliphatic carbocycles. The molecule has 2 atom stereocenters. The molecule has 0 aromatic rings. The van der Waals surface area contributed by atoms with Gasteiger partial charge in [0.2, 0.25) is 17.7 Å². The van der Waals surface area contributed by atoms with E-state index in [2.05, 4.69) is 21.3 Å². The molecule has 0 aromatic carbocycles. The molecule has 6 N–H and O–H groups in total. The Hall–Kier alpha value is -2.65. The highest BCUT2D eigenvalue weighted by molar-refractivity contribution is 5.92. The maximum absolute atomic E-state index is 13.0. The van der Waals surface area contributed by atoms with Gasteiger partial charge < -0.3 is 27.0 Å². The van der Waals surface area contributed by atoms with E-state index in [1.165, 1.54) is 0 Å².